The van der Waals surface area contributed by atoms with Gasteiger partial charge in [0.2, 0.25) is 0 Å². The summed E-state index contributed by atoms with van der Waals surface area (Å²) in [5, 5.41) is 2.76. The summed E-state index contributed by atoms with van der Waals surface area (Å²) in [6, 6.07) is 9.10. The van der Waals surface area contributed by atoms with Crippen LogP contribution in [-0.4, -0.2) is 28.7 Å². The van der Waals surface area contributed by atoms with E-state index in [1.807, 2.05) is 44.2 Å². The van der Waals surface area contributed by atoms with E-state index in [0.29, 0.717) is 12.4 Å². The van der Waals surface area contributed by atoms with Crippen molar-refractivity contribution in [1.82, 2.24) is 5.32 Å². The zero-order valence-corrected chi connectivity index (χ0v) is 12.4. The lowest BCUT2D eigenvalue weighted by molar-refractivity contribution is 0.146. The Morgan fingerprint density at radius 2 is 1.95 bits per heavy atom. The molecule has 0 radical (unpaired) electrons. The molecule has 0 fully saturated rings. The van der Waals surface area contributed by atoms with Crippen molar-refractivity contribution in [2.75, 3.05) is 12.4 Å². The van der Waals surface area contributed by atoms with E-state index >= 15 is 0 Å². The van der Waals surface area contributed by atoms with Gasteiger partial charge in [-0.25, -0.2) is 4.79 Å². The van der Waals surface area contributed by atoms with Crippen LogP contribution in [0, 0.1) is 5.92 Å². The van der Waals surface area contributed by atoms with Gasteiger partial charge in [0, 0.05) is 16.7 Å². The topological polar surface area (TPSA) is 55.4 Å². The minimum absolute atomic E-state index is 0.167. The van der Waals surface area contributed by atoms with Gasteiger partial charge in [0.25, 0.3) is 0 Å². The number of nitrogens with one attached hydrogen (secondary N) is 1. The zero-order valence-electron chi connectivity index (χ0n) is 11.6. The van der Waals surface area contributed by atoms with E-state index in [0.717, 1.165) is 4.90 Å². The molecule has 2 atom stereocenters. The third-order valence-corrected chi connectivity index (χ3v) is 4.18. The van der Waals surface area contributed by atoms with Crippen molar-refractivity contribution < 1.29 is 13.7 Å². The lowest BCUT2D eigenvalue weighted by Crippen LogP contribution is -2.42. The Bertz CT molecular complexity index is 420. The molecule has 0 bridgehead atoms. The molecule has 1 aromatic carbocycles. The van der Waals surface area contributed by atoms with E-state index < -0.39 is 16.9 Å². The van der Waals surface area contributed by atoms with E-state index in [-0.39, 0.29) is 12.0 Å². The second-order valence-electron chi connectivity index (χ2n) is 4.54. The molecule has 4 nitrogen and oxygen atoms in total. The van der Waals surface area contributed by atoms with Gasteiger partial charge < -0.3 is 10.1 Å². The molecule has 0 aliphatic rings. The van der Waals surface area contributed by atoms with Crippen molar-refractivity contribution in [3.05, 3.63) is 30.3 Å². The second-order valence-corrected chi connectivity index (χ2v) is 6.04. The maximum Gasteiger partial charge on any atom is 0.407 e. The first-order valence-corrected chi connectivity index (χ1v) is 7.73. The SMILES string of the molecule is CCOC(=O)N[C@H](C[S@@](=O)c1ccccc1)C(C)C. The predicted octanol–water partition coefficient (Wildman–Crippen LogP) is 2.56. The van der Waals surface area contributed by atoms with Gasteiger partial charge in [-0.15, -0.1) is 0 Å². The number of carbonyl (C=O) groups is 1. The summed E-state index contributed by atoms with van der Waals surface area (Å²) >= 11 is 0. The number of hydrogen-bond donors (Lipinski definition) is 1. The second kappa shape index (κ2) is 7.94. The molecular weight excluding hydrogens is 262 g/mol. The highest BCUT2D eigenvalue weighted by Gasteiger charge is 2.20. The van der Waals surface area contributed by atoms with E-state index in [1.54, 1.807) is 6.92 Å². The molecule has 0 saturated heterocycles. The fraction of sp³-hybridized carbons (Fsp3) is 0.500. The highest BCUT2D eigenvalue weighted by molar-refractivity contribution is 7.85. The normalized spacial score (nSPS) is 13.9. The van der Waals surface area contributed by atoms with Crippen molar-refractivity contribution in [1.29, 1.82) is 0 Å². The van der Waals surface area contributed by atoms with E-state index in [4.69, 9.17) is 4.74 Å². The Morgan fingerprint density at radius 1 is 1.32 bits per heavy atom. The quantitative estimate of drug-likeness (QED) is 0.873. The summed E-state index contributed by atoms with van der Waals surface area (Å²) in [6.07, 6.45) is -0.453. The summed E-state index contributed by atoms with van der Waals surface area (Å²) in [6.45, 7) is 6.06. The summed E-state index contributed by atoms with van der Waals surface area (Å²) in [4.78, 5) is 12.2. The van der Waals surface area contributed by atoms with Crippen molar-refractivity contribution in [2.45, 2.75) is 31.7 Å². The lowest BCUT2D eigenvalue weighted by Gasteiger charge is -2.21. The molecule has 106 valence electrons. The molecule has 0 aliphatic heterocycles. The lowest BCUT2D eigenvalue weighted by atomic mass is 10.1. The average molecular weight is 283 g/mol. The van der Waals surface area contributed by atoms with Crippen LogP contribution in [0.1, 0.15) is 20.8 Å². The number of rotatable bonds is 6. The molecule has 0 aromatic heterocycles. The van der Waals surface area contributed by atoms with Crippen LogP contribution in [-0.2, 0) is 15.5 Å². The third-order valence-electron chi connectivity index (χ3n) is 2.72. The highest BCUT2D eigenvalue weighted by atomic mass is 32.2. The predicted molar refractivity (Wildman–Crippen MR) is 76.5 cm³/mol. The molecule has 1 aromatic rings. The molecule has 19 heavy (non-hydrogen) atoms. The van der Waals surface area contributed by atoms with Crippen molar-refractivity contribution in [3.63, 3.8) is 0 Å². The Morgan fingerprint density at radius 3 is 2.47 bits per heavy atom. The Balaban J connectivity index is 2.64. The van der Waals surface area contributed by atoms with Gasteiger partial charge in [-0.3, -0.25) is 4.21 Å². The number of amides is 1. The van der Waals surface area contributed by atoms with E-state index in [9.17, 15) is 9.00 Å². The van der Waals surface area contributed by atoms with Crippen molar-refractivity contribution in [2.24, 2.45) is 5.92 Å². The Kier molecular flexibility index (Phi) is 6.56. The average Bonchev–Trinajstić information content (AvgIpc) is 2.39. The van der Waals surface area contributed by atoms with Crippen LogP contribution in [0.15, 0.2) is 35.2 Å². The fourth-order valence-corrected chi connectivity index (χ4v) is 3.00. The molecule has 0 aliphatic carbocycles. The van der Waals surface area contributed by atoms with Crippen molar-refractivity contribution in [3.8, 4) is 0 Å². The fourth-order valence-electron chi connectivity index (χ4n) is 1.56. The molecule has 0 heterocycles. The van der Waals surface area contributed by atoms with Crippen LogP contribution >= 0.6 is 0 Å². The maximum absolute atomic E-state index is 12.2. The largest absolute Gasteiger partial charge is 0.450 e. The zero-order chi connectivity index (χ0) is 14.3. The van der Waals surface area contributed by atoms with Crippen LogP contribution < -0.4 is 5.32 Å². The van der Waals surface area contributed by atoms with Gasteiger partial charge in [0.15, 0.2) is 0 Å². The summed E-state index contributed by atoms with van der Waals surface area (Å²) < 4.78 is 17.1. The minimum atomic E-state index is -1.12. The maximum atomic E-state index is 12.2. The smallest absolute Gasteiger partial charge is 0.407 e. The van der Waals surface area contributed by atoms with Crippen LogP contribution in [0.2, 0.25) is 0 Å². The van der Waals surface area contributed by atoms with Gasteiger partial charge in [0.05, 0.1) is 17.4 Å². The van der Waals surface area contributed by atoms with Gasteiger partial charge >= 0.3 is 6.09 Å². The standard InChI is InChI=1S/C14H21NO3S/c1-4-18-14(16)15-13(11(2)3)10-19(17)12-8-6-5-7-9-12/h5-9,11,13H,4,10H2,1-3H3,(H,15,16)/t13-,19-/m1/s1. The van der Waals surface area contributed by atoms with Crippen LogP contribution in [0.5, 0.6) is 0 Å². The molecule has 5 heteroatoms. The number of alkyl carbamates (subject to hydrolysis) is 1. The van der Waals surface area contributed by atoms with Gasteiger partial charge in [-0.2, -0.15) is 0 Å². The minimum Gasteiger partial charge on any atom is -0.450 e. The number of ether oxygens (including phenoxy) is 1. The number of carbonyl (C=O) groups excluding carboxylic acids is 1. The van der Waals surface area contributed by atoms with Crippen molar-refractivity contribution >= 4 is 16.9 Å². The molecule has 0 saturated carbocycles. The van der Waals surface area contributed by atoms with Crippen LogP contribution in [0.4, 0.5) is 4.79 Å². The highest BCUT2D eigenvalue weighted by Crippen LogP contribution is 2.11. The Labute approximate surface area is 117 Å². The first-order valence-electron chi connectivity index (χ1n) is 6.41. The summed E-state index contributed by atoms with van der Waals surface area (Å²) in [7, 11) is -1.12. The van der Waals surface area contributed by atoms with Gasteiger partial charge in [-0.05, 0) is 25.0 Å². The summed E-state index contributed by atoms with van der Waals surface area (Å²) in [5.41, 5.74) is 0. The molecule has 1 rings (SSSR count). The van der Waals surface area contributed by atoms with Gasteiger partial charge in [0.1, 0.15) is 0 Å². The molecule has 0 spiro atoms. The first-order chi connectivity index (χ1) is 9.04. The molecule has 1 N–H and O–H groups in total. The number of hydrogen-bond acceptors (Lipinski definition) is 3. The number of benzene rings is 1. The van der Waals surface area contributed by atoms with E-state index in [1.165, 1.54) is 0 Å². The molecule has 0 unspecified atom stereocenters. The Hall–Kier alpha value is -1.36. The van der Waals surface area contributed by atoms with Gasteiger partial charge in [-0.1, -0.05) is 32.0 Å². The molecule has 1 amide bonds. The van der Waals surface area contributed by atoms with Crippen LogP contribution in [0.25, 0.3) is 0 Å². The first kappa shape index (κ1) is 15.7. The van der Waals surface area contributed by atoms with Crippen LogP contribution in [0.3, 0.4) is 0 Å². The molecular formula is C14H21NO3S. The summed E-state index contributed by atoms with van der Waals surface area (Å²) in [5.74, 6) is 0.581. The third kappa shape index (κ3) is 5.42. The monoisotopic (exact) mass is 283 g/mol. The van der Waals surface area contributed by atoms with E-state index in [2.05, 4.69) is 5.32 Å².